The molecule has 0 aromatic heterocycles. The monoisotopic (exact) mass is 235 g/mol. The minimum atomic E-state index is -0.299. The molecule has 0 aliphatic carbocycles. The van der Waals surface area contributed by atoms with Crippen LogP contribution in [0.25, 0.3) is 0 Å². The van der Waals surface area contributed by atoms with Gasteiger partial charge in [-0.3, -0.25) is 4.79 Å². The first-order valence-electron chi connectivity index (χ1n) is 4.96. The maximum atomic E-state index is 11.3. The number of carbonyl (C=O) groups excluding carboxylic acids is 1. The molecule has 0 heterocycles. The Labute approximate surface area is 100 Å². The van der Waals surface area contributed by atoms with Crippen LogP contribution in [0.4, 0.5) is 0 Å². The van der Waals surface area contributed by atoms with Gasteiger partial charge in [0.2, 0.25) is 0 Å². The maximum absolute atomic E-state index is 11.3. The van der Waals surface area contributed by atoms with E-state index >= 15 is 0 Å². The van der Waals surface area contributed by atoms with Gasteiger partial charge in [0, 0.05) is 4.90 Å². The highest BCUT2D eigenvalue weighted by Crippen LogP contribution is 2.21. The molecule has 0 aliphatic rings. The van der Waals surface area contributed by atoms with E-state index in [1.165, 1.54) is 0 Å². The maximum Gasteiger partial charge on any atom is 0.310 e. The van der Waals surface area contributed by atoms with Crippen LogP contribution in [0.5, 0.6) is 0 Å². The Morgan fingerprint density at radius 2 is 2.25 bits per heavy atom. The Morgan fingerprint density at radius 3 is 2.81 bits per heavy atom. The van der Waals surface area contributed by atoms with Gasteiger partial charge in [0.05, 0.1) is 24.7 Å². The molecule has 0 spiro atoms. The number of benzene rings is 1. The molecule has 0 amide bonds. The van der Waals surface area contributed by atoms with Crippen molar-refractivity contribution in [3.05, 3.63) is 28.8 Å². The molecule has 0 fully saturated rings. The fraction of sp³-hybridized carbons (Fsp3) is 0.333. The summed E-state index contributed by atoms with van der Waals surface area (Å²) in [4.78, 5) is 12.1. The first-order chi connectivity index (χ1) is 7.58. The second-order valence-corrected chi connectivity index (χ2v) is 3.84. The van der Waals surface area contributed by atoms with E-state index in [1.807, 2.05) is 6.92 Å². The van der Waals surface area contributed by atoms with Gasteiger partial charge in [0.25, 0.3) is 0 Å². The standard InChI is InChI=1S/C12H13NO2S/c1-3-15-11(14)6-10-5-9(7-13)4-8(2)12(10)16/h4-5,16H,3,6H2,1-2H3. The number of rotatable bonds is 3. The molecule has 0 aliphatic heterocycles. The van der Waals surface area contributed by atoms with Crippen molar-refractivity contribution in [2.75, 3.05) is 6.61 Å². The minimum absolute atomic E-state index is 0.156. The lowest BCUT2D eigenvalue weighted by molar-refractivity contribution is -0.142. The van der Waals surface area contributed by atoms with Gasteiger partial charge in [-0.25, -0.2) is 0 Å². The third-order valence-corrected chi connectivity index (χ3v) is 2.79. The van der Waals surface area contributed by atoms with Crippen molar-refractivity contribution in [1.29, 1.82) is 5.26 Å². The van der Waals surface area contributed by atoms with Gasteiger partial charge in [-0.15, -0.1) is 12.6 Å². The molecular weight excluding hydrogens is 222 g/mol. The summed E-state index contributed by atoms with van der Waals surface area (Å²) in [5, 5.41) is 8.82. The zero-order valence-corrected chi connectivity index (χ0v) is 10.2. The van der Waals surface area contributed by atoms with Gasteiger partial charge >= 0.3 is 5.97 Å². The molecule has 0 atom stereocenters. The summed E-state index contributed by atoms with van der Waals surface area (Å²) < 4.78 is 4.86. The van der Waals surface area contributed by atoms with Gasteiger partial charge in [0.1, 0.15) is 0 Å². The number of hydrogen-bond donors (Lipinski definition) is 1. The quantitative estimate of drug-likeness (QED) is 0.646. The zero-order valence-electron chi connectivity index (χ0n) is 9.28. The Morgan fingerprint density at radius 1 is 1.56 bits per heavy atom. The van der Waals surface area contributed by atoms with Crippen molar-refractivity contribution in [2.24, 2.45) is 0 Å². The Kier molecular flexibility index (Phi) is 4.39. The minimum Gasteiger partial charge on any atom is -0.466 e. The lowest BCUT2D eigenvalue weighted by Gasteiger charge is -2.08. The van der Waals surface area contributed by atoms with Crippen molar-refractivity contribution >= 4 is 18.6 Å². The van der Waals surface area contributed by atoms with Crippen LogP contribution in [0.2, 0.25) is 0 Å². The summed E-state index contributed by atoms with van der Waals surface area (Å²) in [7, 11) is 0. The van der Waals surface area contributed by atoms with Gasteiger partial charge in [-0.05, 0) is 37.1 Å². The molecule has 0 bridgehead atoms. The second-order valence-electron chi connectivity index (χ2n) is 3.39. The van der Waals surface area contributed by atoms with Crippen LogP contribution in [0, 0.1) is 18.3 Å². The van der Waals surface area contributed by atoms with Crippen molar-refractivity contribution in [2.45, 2.75) is 25.2 Å². The first kappa shape index (κ1) is 12.6. The number of thiol groups is 1. The van der Waals surface area contributed by atoms with Crippen LogP contribution in [-0.2, 0) is 16.0 Å². The molecule has 0 saturated carbocycles. The van der Waals surface area contributed by atoms with Gasteiger partial charge < -0.3 is 4.74 Å². The average molecular weight is 235 g/mol. The predicted molar refractivity (Wildman–Crippen MR) is 63.5 cm³/mol. The number of aryl methyl sites for hydroxylation is 1. The first-order valence-corrected chi connectivity index (χ1v) is 5.41. The largest absolute Gasteiger partial charge is 0.466 e. The van der Waals surface area contributed by atoms with E-state index in [4.69, 9.17) is 10.00 Å². The molecule has 16 heavy (non-hydrogen) atoms. The van der Waals surface area contributed by atoms with E-state index in [0.717, 1.165) is 16.0 Å². The van der Waals surface area contributed by atoms with Gasteiger partial charge in [-0.2, -0.15) is 5.26 Å². The fourth-order valence-electron chi connectivity index (χ4n) is 1.42. The molecule has 0 radical (unpaired) electrons. The van der Waals surface area contributed by atoms with Crippen LogP contribution in [-0.4, -0.2) is 12.6 Å². The Balaban J connectivity index is 3.00. The summed E-state index contributed by atoms with van der Waals surface area (Å²) >= 11 is 4.32. The van der Waals surface area contributed by atoms with Crippen LogP contribution < -0.4 is 0 Å². The highest BCUT2D eigenvalue weighted by molar-refractivity contribution is 7.80. The molecule has 0 saturated heterocycles. The van der Waals surface area contributed by atoms with E-state index in [2.05, 4.69) is 18.7 Å². The van der Waals surface area contributed by atoms with Crippen LogP contribution in [0.3, 0.4) is 0 Å². The van der Waals surface area contributed by atoms with Crippen LogP contribution >= 0.6 is 12.6 Å². The Hall–Kier alpha value is -1.47. The molecule has 4 heteroatoms. The van der Waals surface area contributed by atoms with E-state index < -0.39 is 0 Å². The van der Waals surface area contributed by atoms with Crippen molar-refractivity contribution < 1.29 is 9.53 Å². The molecular formula is C12H13NO2S. The lowest BCUT2D eigenvalue weighted by atomic mass is 10.0. The molecule has 0 N–H and O–H groups in total. The van der Waals surface area contributed by atoms with Gasteiger partial charge in [0.15, 0.2) is 0 Å². The molecule has 1 aromatic rings. The molecule has 84 valence electrons. The van der Waals surface area contributed by atoms with Crippen molar-refractivity contribution in [3.63, 3.8) is 0 Å². The number of carbonyl (C=O) groups is 1. The summed E-state index contributed by atoms with van der Waals surface area (Å²) in [6, 6.07) is 5.47. The van der Waals surface area contributed by atoms with E-state index in [9.17, 15) is 4.79 Å². The predicted octanol–water partition coefficient (Wildman–Crippen LogP) is 2.26. The third kappa shape index (κ3) is 3.01. The van der Waals surface area contributed by atoms with E-state index in [1.54, 1.807) is 19.1 Å². The summed E-state index contributed by atoms with van der Waals surface area (Å²) in [6.45, 7) is 3.98. The summed E-state index contributed by atoms with van der Waals surface area (Å²) in [6.07, 6.45) is 0.156. The number of hydrogen-bond acceptors (Lipinski definition) is 4. The summed E-state index contributed by atoms with van der Waals surface area (Å²) in [5.74, 6) is -0.299. The van der Waals surface area contributed by atoms with Crippen molar-refractivity contribution in [3.8, 4) is 6.07 Å². The smallest absolute Gasteiger partial charge is 0.310 e. The highest BCUT2D eigenvalue weighted by Gasteiger charge is 2.10. The van der Waals surface area contributed by atoms with E-state index in [0.29, 0.717) is 12.2 Å². The normalized spacial score (nSPS) is 9.62. The molecule has 1 aromatic carbocycles. The highest BCUT2D eigenvalue weighted by atomic mass is 32.1. The lowest BCUT2D eigenvalue weighted by Crippen LogP contribution is -2.08. The summed E-state index contributed by atoms with van der Waals surface area (Å²) in [5.41, 5.74) is 2.16. The third-order valence-electron chi connectivity index (χ3n) is 2.15. The topological polar surface area (TPSA) is 50.1 Å². The number of nitriles is 1. The van der Waals surface area contributed by atoms with Crippen molar-refractivity contribution in [1.82, 2.24) is 0 Å². The second kappa shape index (κ2) is 5.57. The molecule has 3 nitrogen and oxygen atoms in total. The zero-order chi connectivity index (χ0) is 12.1. The van der Waals surface area contributed by atoms with Crippen LogP contribution in [0.1, 0.15) is 23.6 Å². The number of nitrogens with zero attached hydrogens (tertiary/aromatic N) is 1. The van der Waals surface area contributed by atoms with E-state index in [-0.39, 0.29) is 12.4 Å². The molecule has 0 unspecified atom stereocenters. The van der Waals surface area contributed by atoms with Crippen LogP contribution in [0.15, 0.2) is 17.0 Å². The fourth-order valence-corrected chi connectivity index (χ4v) is 1.63. The van der Waals surface area contributed by atoms with Gasteiger partial charge in [-0.1, -0.05) is 0 Å². The average Bonchev–Trinajstić information content (AvgIpc) is 2.24. The number of esters is 1. The number of ether oxygens (including phenoxy) is 1. The Bertz CT molecular complexity index is 449. The molecule has 1 rings (SSSR count). The SMILES string of the molecule is CCOC(=O)Cc1cc(C#N)cc(C)c1S.